The molecule has 6 nitrogen and oxygen atoms in total. The number of hydrogen-bond donors (Lipinski definition) is 2. The largest absolute Gasteiger partial charge is 0.478 e. The Hall–Kier alpha value is -2.08. The number of amides is 2. The molecule has 2 rings (SSSR count). The van der Waals surface area contributed by atoms with Crippen LogP contribution in [0.15, 0.2) is 18.2 Å². The summed E-state index contributed by atoms with van der Waals surface area (Å²) < 4.78 is 0. The molecule has 1 atom stereocenters. The Morgan fingerprint density at radius 1 is 1.50 bits per heavy atom. The van der Waals surface area contributed by atoms with Crippen LogP contribution in [0.3, 0.4) is 0 Å². The van der Waals surface area contributed by atoms with Crippen molar-refractivity contribution < 1.29 is 19.5 Å². The Bertz CT molecular complexity index is 588. The minimum Gasteiger partial charge on any atom is -0.478 e. The van der Waals surface area contributed by atoms with E-state index in [4.69, 9.17) is 16.7 Å². The van der Waals surface area contributed by atoms with Gasteiger partial charge in [-0.05, 0) is 24.6 Å². The molecule has 1 aromatic carbocycles. The lowest BCUT2D eigenvalue weighted by Crippen LogP contribution is -2.58. The molecule has 1 fully saturated rings. The third-order valence-electron chi connectivity index (χ3n) is 3.16. The molecular weight excluding hydrogens is 284 g/mol. The number of hydrogen-bond acceptors (Lipinski definition) is 4. The predicted molar refractivity (Wildman–Crippen MR) is 73.0 cm³/mol. The van der Waals surface area contributed by atoms with E-state index in [0.717, 1.165) is 0 Å². The highest BCUT2D eigenvalue weighted by Crippen LogP contribution is 2.26. The lowest BCUT2D eigenvalue weighted by atomic mass is 10.1. The summed E-state index contributed by atoms with van der Waals surface area (Å²) in [5.74, 6) is -1.87. The first-order chi connectivity index (χ1) is 9.43. The Kier molecular flexibility index (Phi) is 3.94. The lowest BCUT2D eigenvalue weighted by Gasteiger charge is -2.35. The highest BCUT2D eigenvalue weighted by molar-refractivity contribution is 6.33. The first-order valence-electron chi connectivity index (χ1n) is 6.07. The molecule has 1 aliphatic heterocycles. The monoisotopic (exact) mass is 296 g/mol. The number of carboxylic acids is 1. The number of piperazine rings is 1. The second kappa shape index (κ2) is 5.50. The molecule has 106 valence electrons. The number of aromatic carboxylic acids is 1. The molecule has 0 bridgehead atoms. The number of halogens is 1. The number of carboxylic acid groups (broad SMARTS) is 1. The van der Waals surface area contributed by atoms with Crippen molar-refractivity contribution >= 4 is 35.1 Å². The summed E-state index contributed by atoms with van der Waals surface area (Å²) in [4.78, 5) is 35.8. The average molecular weight is 297 g/mol. The molecule has 0 spiro atoms. The quantitative estimate of drug-likeness (QED) is 0.821. The first kappa shape index (κ1) is 14.3. The van der Waals surface area contributed by atoms with E-state index < -0.39 is 17.9 Å². The number of rotatable bonds is 3. The number of carbonyl (C=O) groups is 3. The van der Waals surface area contributed by atoms with Gasteiger partial charge in [0.1, 0.15) is 6.04 Å². The van der Waals surface area contributed by atoms with Crippen molar-refractivity contribution in [3.8, 4) is 0 Å². The van der Waals surface area contributed by atoms with Gasteiger partial charge in [0.25, 0.3) is 0 Å². The van der Waals surface area contributed by atoms with Crippen LogP contribution in [0.4, 0.5) is 5.69 Å². The number of benzene rings is 1. The minimum absolute atomic E-state index is 0.0174. The Balaban J connectivity index is 2.38. The zero-order valence-electron chi connectivity index (χ0n) is 10.7. The van der Waals surface area contributed by atoms with Crippen molar-refractivity contribution in [3.63, 3.8) is 0 Å². The molecule has 1 heterocycles. The van der Waals surface area contributed by atoms with Crippen molar-refractivity contribution in [1.29, 1.82) is 0 Å². The maximum absolute atomic E-state index is 11.8. The van der Waals surface area contributed by atoms with Crippen LogP contribution < -0.4 is 10.2 Å². The van der Waals surface area contributed by atoms with Crippen molar-refractivity contribution in [2.75, 3.05) is 11.4 Å². The highest BCUT2D eigenvalue weighted by Gasteiger charge is 2.32. The zero-order valence-corrected chi connectivity index (χ0v) is 11.5. The van der Waals surface area contributed by atoms with E-state index in [9.17, 15) is 14.4 Å². The molecular formula is C13H13ClN2O4. The van der Waals surface area contributed by atoms with Gasteiger partial charge in [0.2, 0.25) is 11.8 Å². The van der Waals surface area contributed by atoms with E-state index in [0.29, 0.717) is 12.1 Å². The van der Waals surface area contributed by atoms with E-state index in [1.807, 2.05) is 6.92 Å². The topological polar surface area (TPSA) is 86.7 Å². The molecule has 0 aromatic heterocycles. The van der Waals surface area contributed by atoms with E-state index in [1.165, 1.54) is 12.1 Å². The van der Waals surface area contributed by atoms with Crippen LogP contribution in [0.25, 0.3) is 0 Å². The van der Waals surface area contributed by atoms with Crippen LogP contribution in [0, 0.1) is 0 Å². The fraction of sp³-hybridized carbons (Fsp3) is 0.308. The van der Waals surface area contributed by atoms with Gasteiger partial charge >= 0.3 is 5.97 Å². The molecule has 2 N–H and O–H groups in total. The van der Waals surface area contributed by atoms with Crippen LogP contribution in [0.5, 0.6) is 0 Å². The number of imide groups is 1. The molecule has 7 heteroatoms. The standard InChI is InChI=1S/C13H13ClN2O4/c1-2-10-12(18)15-11(17)6-16(10)7-3-4-8(13(19)20)9(14)5-7/h3-5,10H,2,6H2,1H3,(H,19,20)(H,15,17,18). The Morgan fingerprint density at radius 2 is 2.20 bits per heavy atom. The van der Waals surface area contributed by atoms with Crippen LogP contribution in [-0.2, 0) is 9.59 Å². The third-order valence-corrected chi connectivity index (χ3v) is 3.47. The van der Waals surface area contributed by atoms with E-state index in [1.54, 1.807) is 11.0 Å². The summed E-state index contributed by atoms with van der Waals surface area (Å²) >= 11 is 5.91. The van der Waals surface area contributed by atoms with Crippen LogP contribution in [0.2, 0.25) is 5.02 Å². The molecule has 0 radical (unpaired) electrons. The smallest absolute Gasteiger partial charge is 0.337 e. The normalized spacial score (nSPS) is 18.9. The molecule has 2 amide bonds. The van der Waals surface area contributed by atoms with Crippen molar-refractivity contribution in [2.45, 2.75) is 19.4 Å². The molecule has 1 aromatic rings. The van der Waals surface area contributed by atoms with Crippen LogP contribution in [0.1, 0.15) is 23.7 Å². The van der Waals surface area contributed by atoms with Gasteiger partial charge in [-0.2, -0.15) is 0 Å². The maximum Gasteiger partial charge on any atom is 0.337 e. The molecule has 1 saturated heterocycles. The summed E-state index contributed by atoms with van der Waals surface area (Å²) in [6, 6.07) is 3.90. The van der Waals surface area contributed by atoms with E-state index in [2.05, 4.69) is 5.32 Å². The van der Waals surface area contributed by atoms with Gasteiger partial charge < -0.3 is 10.0 Å². The van der Waals surface area contributed by atoms with Gasteiger partial charge in [0, 0.05) is 5.69 Å². The summed E-state index contributed by atoms with van der Waals surface area (Å²) in [6.45, 7) is 1.87. The van der Waals surface area contributed by atoms with Gasteiger partial charge in [-0.1, -0.05) is 18.5 Å². The Morgan fingerprint density at radius 3 is 2.75 bits per heavy atom. The summed E-state index contributed by atoms with van der Waals surface area (Å²) in [5.41, 5.74) is 0.534. The second-order valence-electron chi connectivity index (χ2n) is 4.43. The fourth-order valence-corrected chi connectivity index (χ4v) is 2.46. The molecule has 20 heavy (non-hydrogen) atoms. The summed E-state index contributed by atoms with van der Waals surface area (Å²) in [7, 11) is 0. The van der Waals surface area contributed by atoms with Crippen molar-refractivity contribution in [1.82, 2.24) is 5.32 Å². The predicted octanol–water partition coefficient (Wildman–Crippen LogP) is 1.28. The summed E-state index contributed by atoms with van der Waals surface area (Å²) in [5, 5.41) is 11.3. The SMILES string of the molecule is CCC1C(=O)NC(=O)CN1c1ccc(C(=O)O)c(Cl)c1. The fourth-order valence-electron chi connectivity index (χ4n) is 2.20. The van der Waals surface area contributed by atoms with Crippen LogP contribution in [-0.4, -0.2) is 35.5 Å². The van der Waals surface area contributed by atoms with Gasteiger partial charge in [0.15, 0.2) is 0 Å². The number of nitrogens with zero attached hydrogens (tertiary/aromatic N) is 1. The van der Waals surface area contributed by atoms with Crippen molar-refractivity contribution in [3.05, 3.63) is 28.8 Å². The molecule has 0 saturated carbocycles. The maximum atomic E-state index is 11.8. The lowest BCUT2D eigenvalue weighted by molar-refractivity contribution is -0.132. The van der Waals surface area contributed by atoms with Gasteiger partial charge in [0.05, 0.1) is 17.1 Å². The third kappa shape index (κ3) is 2.60. The highest BCUT2D eigenvalue weighted by atomic mass is 35.5. The number of anilines is 1. The van der Waals surface area contributed by atoms with Gasteiger partial charge in [-0.15, -0.1) is 0 Å². The number of carbonyl (C=O) groups excluding carboxylic acids is 2. The van der Waals surface area contributed by atoms with E-state index in [-0.39, 0.29) is 23.0 Å². The molecule has 1 unspecified atom stereocenters. The van der Waals surface area contributed by atoms with Gasteiger partial charge in [-0.25, -0.2) is 4.79 Å². The molecule has 1 aliphatic rings. The Labute approximate surface area is 120 Å². The number of nitrogens with one attached hydrogen (secondary N) is 1. The first-order valence-corrected chi connectivity index (χ1v) is 6.45. The minimum atomic E-state index is -1.12. The average Bonchev–Trinajstić information content (AvgIpc) is 2.37. The second-order valence-corrected chi connectivity index (χ2v) is 4.84. The van der Waals surface area contributed by atoms with Crippen LogP contribution >= 0.6 is 11.6 Å². The molecule has 0 aliphatic carbocycles. The zero-order chi connectivity index (χ0) is 14.9. The summed E-state index contributed by atoms with van der Waals surface area (Å²) in [6.07, 6.45) is 0.525. The van der Waals surface area contributed by atoms with Crippen molar-refractivity contribution in [2.24, 2.45) is 0 Å². The van der Waals surface area contributed by atoms with Gasteiger partial charge in [-0.3, -0.25) is 14.9 Å². The van der Waals surface area contributed by atoms with E-state index >= 15 is 0 Å².